The number of fused-ring (bicyclic) bond motifs is 1. The summed E-state index contributed by atoms with van der Waals surface area (Å²) >= 11 is 7.29. The van der Waals surface area contributed by atoms with E-state index in [1.54, 1.807) is 24.7 Å². The lowest BCUT2D eigenvalue weighted by Crippen LogP contribution is -2.19. The van der Waals surface area contributed by atoms with Gasteiger partial charge in [0.2, 0.25) is 5.82 Å². The Hall–Kier alpha value is -2.19. The second-order valence-corrected chi connectivity index (χ2v) is 5.91. The SMILES string of the molecule is CN(Cc1c(F)cccc1Cl)c1nc2sccn2c1[N+](=O)[O-]. The Morgan fingerprint density at radius 1 is 1.55 bits per heavy atom. The van der Waals surface area contributed by atoms with E-state index in [1.807, 2.05) is 0 Å². The highest BCUT2D eigenvalue weighted by atomic mass is 35.5. The maximum atomic E-state index is 13.9. The molecule has 2 heterocycles. The monoisotopic (exact) mass is 340 g/mol. The summed E-state index contributed by atoms with van der Waals surface area (Å²) in [6.07, 6.45) is 1.58. The molecule has 0 spiro atoms. The minimum absolute atomic E-state index is 0.0805. The van der Waals surface area contributed by atoms with Crippen LogP contribution in [0, 0.1) is 15.9 Å². The molecule has 0 bridgehead atoms. The highest BCUT2D eigenvalue weighted by molar-refractivity contribution is 7.15. The number of thiazole rings is 1. The van der Waals surface area contributed by atoms with Gasteiger partial charge in [0.25, 0.3) is 4.96 Å². The van der Waals surface area contributed by atoms with Crippen molar-refractivity contribution in [2.45, 2.75) is 6.54 Å². The van der Waals surface area contributed by atoms with Crippen molar-refractivity contribution in [3.63, 3.8) is 0 Å². The molecule has 0 aliphatic carbocycles. The van der Waals surface area contributed by atoms with Crippen LogP contribution in [-0.4, -0.2) is 21.4 Å². The molecule has 0 aliphatic rings. The van der Waals surface area contributed by atoms with Crippen molar-refractivity contribution in [2.75, 3.05) is 11.9 Å². The van der Waals surface area contributed by atoms with Crippen molar-refractivity contribution in [2.24, 2.45) is 0 Å². The average Bonchev–Trinajstić information content (AvgIpc) is 3.02. The van der Waals surface area contributed by atoms with Crippen molar-refractivity contribution in [1.29, 1.82) is 0 Å². The number of hydrogen-bond acceptors (Lipinski definition) is 5. The first-order valence-electron chi connectivity index (χ1n) is 6.23. The van der Waals surface area contributed by atoms with Crippen molar-refractivity contribution >= 4 is 39.5 Å². The van der Waals surface area contributed by atoms with E-state index in [0.717, 1.165) is 0 Å². The first kappa shape index (κ1) is 14.7. The molecule has 6 nitrogen and oxygen atoms in total. The molecule has 0 unspecified atom stereocenters. The quantitative estimate of drug-likeness (QED) is 0.536. The first-order valence-corrected chi connectivity index (χ1v) is 7.48. The summed E-state index contributed by atoms with van der Waals surface area (Å²) in [5.41, 5.74) is 0.275. The molecule has 1 aromatic carbocycles. The molecule has 3 aromatic rings. The molecule has 0 atom stereocenters. The number of rotatable bonds is 4. The lowest BCUT2D eigenvalue weighted by molar-refractivity contribution is -0.389. The molecule has 0 radical (unpaired) electrons. The molecule has 9 heteroatoms. The van der Waals surface area contributed by atoms with E-state index in [-0.39, 0.29) is 28.8 Å². The fourth-order valence-corrected chi connectivity index (χ4v) is 3.11. The van der Waals surface area contributed by atoms with Crippen LogP contribution in [0.5, 0.6) is 0 Å². The molecule has 0 amide bonds. The Morgan fingerprint density at radius 2 is 2.32 bits per heavy atom. The predicted octanol–water partition coefficient (Wildman–Crippen LogP) is 3.73. The van der Waals surface area contributed by atoms with E-state index in [2.05, 4.69) is 4.98 Å². The summed E-state index contributed by atoms with van der Waals surface area (Å²) in [7, 11) is 1.61. The van der Waals surface area contributed by atoms with Gasteiger partial charge in [0.1, 0.15) is 12.0 Å². The van der Waals surface area contributed by atoms with Crippen molar-refractivity contribution < 1.29 is 9.31 Å². The van der Waals surface area contributed by atoms with E-state index in [1.165, 1.54) is 32.8 Å². The summed E-state index contributed by atoms with van der Waals surface area (Å²) in [5, 5.41) is 13.3. The van der Waals surface area contributed by atoms with Crippen LogP contribution >= 0.6 is 22.9 Å². The van der Waals surface area contributed by atoms with E-state index in [9.17, 15) is 14.5 Å². The number of benzene rings is 1. The molecular weight excluding hydrogens is 331 g/mol. The molecule has 0 fully saturated rings. The van der Waals surface area contributed by atoms with Crippen LogP contribution in [0.1, 0.15) is 5.56 Å². The summed E-state index contributed by atoms with van der Waals surface area (Å²) < 4.78 is 15.3. The zero-order chi connectivity index (χ0) is 15.9. The average molecular weight is 341 g/mol. The number of nitro groups is 1. The second kappa shape index (κ2) is 5.54. The summed E-state index contributed by atoms with van der Waals surface area (Å²) in [5.74, 6) is -0.426. The molecule has 0 saturated heterocycles. The van der Waals surface area contributed by atoms with Gasteiger partial charge in [0, 0.05) is 29.6 Å². The van der Waals surface area contributed by atoms with Crippen LogP contribution in [0.2, 0.25) is 5.02 Å². The molecule has 114 valence electrons. The van der Waals surface area contributed by atoms with Crippen LogP contribution in [-0.2, 0) is 6.54 Å². The third-order valence-electron chi connectivity index (χ3n) is 3.21. The topological polar surface area (TPSA) is 63.7 Å². The first-order chi connectivity index (χ1) is 10.5. The number of nitrogens with zero attached hydrogens (tertiary/aromatic N) is 4. The minimum Gasteiger partial charge on any atom is -0.358 e. The van der Waals surface area contributed by atoms with Gasteiger partial charge < -0.3 is 15.0 Å². The van der Waals surface area contributed by atoms with Crippen LogP contribution in [0.25, 0.3) is 4.96 Å². The van der Waals surface area contributed by atoms with Crippen molar-refractivity contribution in [1.82, 2.24) is 9.38 Å². The molecule has 0 N–H and O–H groups in total. The van der Waals surface area contributed by atoms with Gasteiger partial charge in [-0.1, -0.05) is 29.0 Å². The normalized spacial score (nSPS) is 11.0. The number of imidazole rings is 1. The molecule has 0 saturated carbocycles. The lowest BCUT2D eigenvalue weighted by atomic mass is 10.2. The highest BCUT2D eigenvalue weighted by Crippen LogP contribution is 2.32. The Bertz CT molecular complexity index is 843. The standard InChI is InChI=1S/C13H10ClFN4O2S/c1-17(7-8-9(14)3-2-4-10(8)15)11-12(19(20)21)18-5-6-22-13(18)16-11/h2-6H,7H2,1H3. The van der Waals surface area contributed by atoms with Gasteiger partial charge in [-0.15, -0.1) is 0 Å². The number of aromatic nitrogens is 2. The number of halogens is 2. The lowest BCUT2D eigenvalue weighted by Gasteiger charge is -2.17. The molecule has 0 aliphatic heterocycles. The minimum atomic E-state index is -0.499. The van der Waals surface area contributed by atoms with Crippen LogP contribution in [0.4, 0.5) is 16.0 Å². The largest absolute Gasteiger partial charge is 0.373 e. The Balaban J connectivity index is 2.02. The number of anilines is 1. The van der Waals surface area contributed by atoms with Gasteiger partial charge in [0.15, 0.2) is 0 Å². The van der Waals surface area contributed by atoms with Gasteiger partial charge in [-0.3, -0.25) is 0 Å². The Kier molecular flexibility index (Phi) is 3.71. The van der Waals surface area contributed by atoms with Crippen molar-refractivity contribution in [3.05, 3.63) is 56.3 Å². The fourth-order valence-electron chi connectivity index (χ4n) is 2.18. The molecule has 2 aromatic heterocycles. The summed E-state index contributed by atoms with van der Waals surface area (Å²) in [6.45, 7) is 0.0805. The van der Waals surface area contributed by atoms with Crippen LogP contribution in [0.3, 0.4) is 0 Å². The van der Waals surface area contributed by atoms with Crippen molar-refractivity contribution in [3.8, 4) is 0 Å². The Labute approximate surface area is 133 Å². The maximum absolute atomic E-state index is 13.9. The van der Waals surface area contributed by atoms with Crippen LogP contribution in [0.15, 0.2) is 29.8 Å². The zero-order valence-corrected chi connectivity index (χ0v) is 12.9. The van der Waals surface area contributed by atoms with Gasteiger partial charge in [-0.2, -0.15) is 9.38 Å². The van der Waals surface area contributed by atoms with Gasteiger partial charge in [-0.05, 0) is 17.1 Å². The number of hydrogen-bond donors (Lipinski definition) is 0. The zero-order valence-electron chi connectivity index (χ0n) is 11.4. The summed E-state index contributed by atoms with van der Waals surface area (Å²) in [6, 6.07) is 4.39. The molecular formula is C13H10ClFN4O2S. The van der Waals surface area contributed by atoms with Gasteiger partial charge in [-0.25, -0.2) is 4.39 Å². The highest BCUT2D eigenvalue weighted by Gasteiger charge is 2.27. The second-order valence-electron chi connectivity index (χ2n) is 4.63. The van der Waals surface area contributed by atoms with E-state index in [0.29, 0.717) is 4.96 Å². The third-order valence-corrected chi connectivity index (χ3v) is 4.32. The van der Waals surface area contributed by atoms with Crippen LogP contribution < -0.4 is 4.90 Å². The van der Waals surface area contributed by atoms with E-state index in [4.69, 9.17) is 11.6 Å². The van der Waals surface area contributed by atoms with E-state index >= 15 is 0 Å². The molecule has 22 heavy (non-hydrogen) atoms. The smallest absolute Gasteiger partial charge is 0.358 e. The Morgan fingerprint density at radius 3 is 3.00 bits per heavy atom. The van der Waals surface area contributed by atoms with E-state index < -0.39 is 10.7 Å². The third kappa shape index (κ3) is 2.40. The fraction of sp³-hybridized carbons (Fsp3) is 0.154. The van der Waals surface area contributed by atoms with Gasteiger partial charge in [0.05, 0.1) is 0 Å². The predicted molar refractivity (Wildman–Crippen MR) is 83.2 cm³/mol. The summed E-state index contributed by atoms with van der Waals surface area (Å²) in [4.78, 5) is 17.1. The van der Waals surface area contributed by atoms with Gasteiger partial charge >= 0.3 is 5.82 Å². The molecule has 3 rings (SSSR count). The maximum Gasteiger partial charge on any atom is 0.373 e.